The molecule has 1 amide bonds. The summed E-state index contributed by atoms with van der Waals surface area (Å²) in [5.74, 6) is 0.786. The van der Waals surface area contributed by atoms with Crippen molar-refractivity contribution in [2.75, 3.05) is 20.1 Å². The Morgan fingerprint density at radius 2 is 2.17 bits per heavy atom. The number of hydrogen-bond donors (Lipinski definition) is 1. The molecule has 68 valence electrons. The highest BCUT2D eigenvalue weighted by atomic mass is 16.2. The third-order valence-corrected chi connectivity index (χ3v) is 2.83. The summed E-state index contributed by atoms with van der Waals surface area (Å²) in [5, 5.41) is 3.21. The number of carbonyl (C=O) groups excluding carboxylic acids is 1. The van der Waals surface area contributed by atoms with E-state index in [0.29, 0.717) is 17.9 Å². The molecule has 0 aromatic heterocycles. The van der Waals surface area contributed by atoms with Crippen LogP contribution in [0.15, 0.2) is 0 Å². The summed E-state index contributed by atoms with van der Waals surface area (Å²) in [5.41, 5.74) is 0. The molecular formula is C9H16N2O. The smallest absolute Gasteiger partial charge is 0.225 e. The van der Waals surface area contributed by atoms with Crippen molar-refractivity contribution in [3.05, 3.63) is 0 Å². The molecule has 12 heavy (non-hydrogen) atoms. The summed E-state index contributed by atoms with van der Waals surface area (Å²) in [6.45, 7) is 1.88. The molecule has 0 spiro atoms. The van der Waals surface area contributed by atoms with Crippen molar-refractivity contribution in [1.82, 2.24) is 10.2 Å². The number of amides is 1. The lowest BCUT2D eigenvalue weighted by Gasteiger charge is -2.15. The van der Waals surface area contributed by atoms with Gasteiger partial charge in [-0.05, 0) is 26.3 Å². The van der Waals surface area contributed by atoms with Gasteiger partial charge in [-0.1, -0.05) is 0 Å². The van der Waals surface area contributed by atoms with Crippen LogP contribution < -0.4 is 5.32 Å². The predicted octanol–water partition coefficient (Wildman–Crippen LogP) is 0.217. The summed E-state index contributed by atoms with van der Waals surface area (Å²) < 4.78 is 0. The predicted molar refractivity (Wildman–Crippen MR) is 46.8 cm³/mol. The second-order valence-electron chi connectivity index (χ2n) is 3.83. The van der Waals surface area contributed by atoms with Crippen molar-refractivity contribution >= 4 is 5.91 Å². The van der Waals surface area contributed by atoms with E-state index in [-0.39, 0.29) is 0 Å². The maximum atomic E-state index is 11.6. The monoisotopic (exact) mass is 168 g/mol. The Bertz CT molecular complexity index is 189. The molecule has 2 rings (SSSR count). The third kappa shape index (κ3) is 1.46. The molecule has 1 saturated carbocycles. The Morgan fingerprint density at radius 3 is 2.67 bits per heavy atom. The lowest BCUT2D eigenvalue weighted by Crippen LogP contribution is -2.34. The van der Waals surface area contributed by atoms with E-state index < -0.39 is 0 Å². The number of nitrogens with one attached hydrogen (secondary N) is 1. The highest BCUT2D eigenvalue weighted by molar-refractivity contribution is 5.81. The van der Waals surface area contributed by atoms with E-state index >= 15 is 0 Å². The number of hydrogen-bond acceptors (Lipinski definition) is 2. The SMILES string of the molecule is CN[C@H]1CCN(C(=O)C2CC2)C1. The first-order valence-electron chi connectivity index (χ1n) is 4.77. The van der Waals surface area contributed by atoms with Gasteiger partial charge in [-0.2, -0.15) is 0 Å². The highest BCUT2D eigenvalue weighted by Gasteiger charge is 2.36. The zero-order chi connectivity index (χ0) is 8.55. The number of nitrogens with zero attached hydrogens (tertiary/aromatic N) is 1. The maximum absolute atomic E-state index is 11.6. The van der Waals surface area contributed by atoms with Gasteiger partial charge in [0, 0.05) is 25.0 Å². The van der Waals surface area contributed by atoms with Crippen molar-refractivity contribution in [2.45, 2.75) is 25.3 Å². The molecule has 2 aliphatic rings. The number of likely N-dealkylation sites (tertiary alicyclic amines) is 1. The number of rotatable bonds is 2. The van der Waals surface area contributed by atoms with Crippen molar-refractivity contribution in [2.24, 2.45) is 5.92 Å². The normalized spacial score (nSPS) is 29.4. The lowest BCUT2D eigenvalue weighted by atomic mass is 10.3. The van der Waals surface area contributed by atoms with Crippen LogP contribution in [0, 0.1) is 5.92 Å². The van der Waals surface area contributed by atoms with Crippen LogP contribution in [0.2, 0.25) is 0 Å². The van der Waals surface area contributed by atoms with Crippen LogP contribution in [0.4, 0.5) is 0 Å². The molecule has 0 aromatic rings. The van der Waals surface area contributed by atoms with Gasteiger partial charge in [0.2, 0.25) is 5.91 Å². The average molecular weight is 168 g/mol. The molecule has 2 fully saturated rings. The summed E-state index contributed by atoms with van der Waals surface area (Å²) in [7, 11) is 1.97. The number of likely N-dealkylation sites (N-methyl/N-ethyl adjacent to an activating group) is 1. The Morgan fingerprint density at radius 1 is 1.42 bits per heavy atom. The minimum absolute atomic E-state index is 0.389. The van der Waals surface area contributed by atoms with Gasteiger partial charge in [0.25, 0.3) is 0 Å². The second kappa shape index (κ2) is 3.05. The molecule has 1 heterocycles. The quantitative estimate of drug-likeness (QED) is 0.639. The molecule has 1 saturated heterocycles. The van der Waals surface area contributed by atoms with Gasteiger partial charge >= 0.3 is 0 Å². The van der Waals surface area contributed by atoms with Gasteiger partial charge in [0.1, 0.15) is 0 Å². The molecule has 1 aliphatic heterocycles. The van der Waals surface area contributed by atoms with Crippen molar-refractivity contribution in [3.63, 3.8) is 0 Å². The number of carbonyl (C=O) groups is 1. The first-order chi connectivity index (χ1) is 5.81. The van der Waals surface area contributed by atoms with E-state index in [1.807, 2.05) is 11.9 Å². The Labute approximate surface area is 73.1 Å². The van der Waals surface area contributed by atoms with Crippen LogP contribution in [0.1, 0.15) is 19.3 Å². The summed E-state index contributed by atoms with van der Waals surface area (Å²) >= 11 is 0. The molecule has 0 bridgehead atoms. The van der Waals surface area contributed by atoms with E-state index in [4.69, 9.17) is 0 Å². The molecule has 1 atom stereocenters. The largest absolute Gasteiger partial charge is 0.341 e. The lowest BCUT2D eigenvalue weighted by molar-refractivity contribution is -0.131. The van der Waals surface area contributed by atoms with Crippen LogP contribution in [-0.4, -0.2) is 37.0 Å². The van der Waals surface area contributed by atoms with Crippen LogP contribution in [0.25, 0.3) is 0 Å². The minimum atomic E-state index is 0.389. The van der Waals surface area contributed by atoms with Crippen LogP contribution in [0.5, 0.6) is 0 Å². The Balaban J connectivity index is 1.85. The van der Waals surface area contributed by atoms with Gasteiger partial charge in [0.15, 0.2) is 0 Å². The first-order valence-corrected chi connectivity index (χ1v) is 4.77. The van der Waals surface area contributed by atoms with Crippen molar-refractivity contribution < 1.29 is 4.79 Å². The fraction of sp³-hybridized carbons (Fsp3) is 0.889. The molecule has 0 unspecified atom stereocenters. The maximum Gasteiger partial charge on any atom is 0.225 e. The molecule has 1 aliphatic carbocycles. The van der Waals surface area contributed by atoms with Gasteiger partial charge in [-0.25, -0.2) is 0 Å². The second-order valence-corrected chi connectivity index (χ2v) is 3.83. The van der Waals surface area contributed by atoms with Crippen LogP contribution >= 0.6 is 0 Å². The molecule has 1 N–H and O–H groups in total. The third-order valence-electron chi connectivity index (χ3n) is 2.83. The molecule has 3 nitrogen and oxygen atoms in total. The molecule has 3 heteroatoms. The molecule has 0 aromatic carbocycles. The summed E-state index contributed by atoms with van der Waals surface area (Å²) in [4.78, 5) is 13.6. The van der Waals surface area contributed by atoms with E-state index in [0.717, 1.165) is 32.4 Å². The standard InChI is InChI=1S/C9H16N2O/c1-10-8-4-5-11(6-8)9(12)7-2-3-7/h7-8,10H,2-6H2,1H3/t8-/m0/s1. The topological polar surface area (TPSA) is 32.3 Å². The van der Waals surface area contributed by atoms with Crippen molar-refractivity contribution in [1.29, 1.82) is 0 Å². The van der Waals surface area contributed by atoms with E-state index in [9.17, 15) is 4.79 Å². The molecule has 0 radical (unpaired) electrons. The fourth-order valence-electron chi connectivity index (χ4n) is 1.78. The van der Waals surface area contributed by atoms with Gasteiger partial charge in [-0.3, -0.25) is 4.79 Å². The molecular weight excluding hydrogens is 152 g/mol. The summed E-state index contributed by atoms with van der Waals surface area (Å²) in [6, 6.07) is 0.535. The minimum Gasteiger partial charge on any atom is -0.341 e. The van der Waals surface area contributed by atoms with Gasteiger partial charge in [0.05, 0.1) is 0 Å². The first kappa shape index (κ1) is 8.05. The van der Waals surface area contributed by atoms with E-state index in [2.05, 4.69) is 5.32 Å². The van der Waals surface area contributed by atoms with Crippen molar-refractivity contribution in [3.8, 4) is 0 Å². The Hall–Kier alpha value is -0.570. The zero-order valence-corrected chi connectivity index (χ0v) is 7.55. The van der Waals surface area contributed by atoms with Gasteiger partial charge in [-0.15, -0.1) is 0 Å². The average Bonchev–Trinajstić information content (AvgIpc) is 2.82. The Kier molecular flexibility index (Phi) is 2.05. The van der Waals surface area contributed by atoms with E-state index in [1.54, 1.807) is 0 Å². The van der Waals surface area contributed by atoms with Crippen LogP contribution in [-0.2, 0) is 4.79 Å². The highest BCUT2D eigenvalue weighted by Crippen LogP contribution is 2.31. The van der Waals surface area contributed by atoms with Gasteiger partial charge < -0.3 is 10.2 Å². The van der Waals surface area contributed by atoms with Crippen LogP contribution in [0.3, 0.4) is 0 Å². The van der Waals surface area contributed by atoms with E-state index in [1.165, 1.54) is 0 Å². The zero-order valence-electron chi connectivity index (χ0n) is 7.55. The fourth-order valence-corrected chi connectivity index (χ4v) is 1.78. The summed E-state index contributed by atoms with van der Waals surface area (Å²) in [6.07, 6.45) is 3.37.